The summed E-state index contributed by atoms with van der Waals surface area (Å²) in [4.78, 5) is 38.1. The summed E-state index contributed by atoms with van der Waals surface area (Å²) in [6.07, 6.45) is -0.0614. The summed E-state index contributed by atoms with van der Waals surface area (Å²) in [5.74, 6) is -0.935. The fourth-order valence-electron chi connectivity index (χ4n) is 3.11. The molecular formula is C22H35NO5SSi. The molecule has 2 rings (SSSR count). The zero-order chi connectivity index (χ0) is 23.1. The topological polar surface area (TPSA) is 81.7 Å². The zero-order valence-corrected chi connectivity index (χ0v) is 21.4. The van der Waals surface area contributed by atoms with Crippen LogP contribution in [0.15, 0.2) is 12.1 Å². The maximum absolute atomic E-state index is 12.8. The second kappa shape index (κ2) is 8.55. The van der Waals surface area contributed by atoms with Gasteiger partial charge in [-0.15, -0.1) is 11.3 Å². The lowest BCUT2D eigenvalue weighted by molar-refractivity contribution is -0.139. The summed E-state index contributed by atoms with van der Waals surface area (Å²) in [5.41, 5.74) is -0.588. The smallest absolute Gasteiger partial charge is 0.348 e. The van der Waals surface area contributed by atoms with Crippen molar-refractivity contribution in [3.63, 3.8) is 0 Å². The number of Topliss-reactive ketones (excluding diaryl/α,β-unsaturated/α-hetero) is 1. The Morgan fingerprint density at radius 2 is 1.70 bits per heavy atom. The molecule has 1 aromatic heterocycles. The van der Waals surface area contributed by atoms with Gasteiger partial charge in [-0.05, 0) is 58.0 Å². The van der Waals surface area contributed by atoms with Gasteiger partial charge in [-0.25, -0.2) is 4.79 Å². The predicted molar refractivity (Wildman–Crippen MR) is 122 cm³/mol. The van der Waals surface area contributed by atoms with Gasteiger partial charge in [0.15, 0.2) is 14.1 Å². The van der Waals surface area contributed by atoms with Gasteiger partial charge in [0.05, 0.1) is 22.9 Å². The molecule has 6 nitrogen and oxygen atoms in total. The van der Waals surface area contributed by atoms with Crippen LogP contribution in [0.1, 0.15) is 74.2 Å². The van der Waals surface area contributed by atoms with Gasteiger partial charge < -0.3 is 14.5 Å². The second-order valence-corrected chi connectivity index (χ2v) is 16.4. The number of esters is 1. The zero-order valence-electron chi connectivity index (χ0n) is 19.5. The molecule has 1 aliphatic heterocycles. The average Bonchev–Trinajstić information content (AvgIpc) is 3.00. The van der Waals surface area contributed by atoms with E-state index >= 15 is 0 Å². The van der Waals surface area contributed by atoms with Crippen molar-refractivity contribution in [3.05, 3.63) is 21.9 Å². The Morgan fingerprint density at radius 3 is 2.20 bits per heavy atom. The number of rotatable bonds is 7. The minimum absolute atomic E-state index is 0.0435. The van der Waals surface area contributed by atoms with Crippen LogP contribution in [0, 0.1) is 5.92 Å². The molecular weight excluding hydrogens is 418 g/mol. The van der Waals surface area contributed by atoms with E-state index in [-0.39, 0.29) is 41.2 Å². The van der Waals surface area contributed by atoms with Crippen LogP contribution in [0.3, 0.4) is 0 Å². The number of carbonyl (C=O) groups is 3. The predicted octanol–water partition coefficient (Wildman–Crippen LogP) is 4.80. The van der Waals surface area contributed by atoms with Crippen molar-refractivity contribution < 1.29 is 23.5 Å². The number of ketones is 1. The molecule has 3 unspecified atom stereocenters. The summed E-state index contributed by atoms with van der Waals surface area (Å²) in [5, 5.41) is 2.89. The molecule has 1 saturated heterocycles. The van der Waals surface area contributed by atoms with Gasteiger partial charge in [0.2, 0.25) is 5.91 Å². The van der Waals surface area contributed by atoms with Crippen molar-refractivity contribution in [2.24, 2.45) is 5.92 Å². The van der Waals surface area contributed by atoms with E-state index in [0.717, 1.165) is 11.3 Å². The summed E-state index contributed by atoms with van der Waals surface area (Å²) < 4.78 is 11.7. The fraction of sp³-hybridized carbons (Fsp3) is 0.682. The molecule has 2 heterocycles. The minimum atomic E-state index is -2.02. The lowest BCUT2D eigenvalue weighted by Gasteiger charge is -2.45. The van der Waals surface area contributed by atoms with E-state index in [1.54, 1.807) is 32.9 Å². The summed E-state index contributed by atoms with van der Waals surface area (Å²) in [6.45, 7) is 18.1. The van der Waals surface area contributed by atoms with Gasteiger partial charge in [0.1, 0.15) is 10.5 Å². The van der Waals surface area contributed by atoms with Crippen molar-refractivity contribution in [2.75, 3.05) is 0 Å². The van der Waals surface area contributed by atoms with E-state index in [4.69, 9.17) is 9.16 Å². The van der Waals surface area contributed by atoms with Crippen molar-refractivity contribution in [1.82, 2.24) is 5.32 Å². The molecule has 8 heteroatoms. The third kappa shape index (κ3) is 5.80. The maximum Gasteiger partial charge on any atom is 0.348 e. The Hall–Kier alpha value is -1.51. The van der Waals surface area contributed by atoms with E-state index in [9.17, 15) is 14.4 Å². The summed E-state index contributed by atoms with van der Waals surface area (Å²) in [6, 6.07) is 3.01. The highest BCUT2D eigenvalue weighted by atomic mass is 32.1. The average molecular weight is 454 g/mol. The molecule has 0 aromatic carbocycles. The van der Waals surface area contributed by atoms with Crippen molar-refractivity contribution >= 4 is 37.3 Å². The van der Waals surface area contributed by atoms with E-state index in [1.165, 1.54) is 0 Å². The number of β-lactam (4-membered cyclic amide) rings is 1. The van der Waals surface area contributed by atoms with E-state index in [0.29, 0.717) is 9.75 Å². The molecule has 1 N–H and O–H groups in total. The molecule has 3 atom stereocenters. The van der Waals surface area contributed by atoms with Crippen LogP contribution in [-0.2, 0) is 14.0 Å². The van der Waals surface area contributed by atoms with Crippen LogP contribution in [-0.4, -0.2) is 43.7 Å². The lowest BCUT2D eigenvalue weighted by atomic mass is 9.83. The molecule has 1 fully saturated rings. The van der Waals surface area contributed by atoms with Crippen molar-refractivity contribution in [2.45, 2.75) is 90.8 Å². The molecule has 0 saturated carbocycles. The first-order valence-electron chi connectivity index (χ1n) is 10.4. The van der Waals surface area contributed by atoms with E-state index < -0.39 is 19.9 Å². The standard InChI is InChI=1S/C22H35NO5SSi/c1-13(28-30(8,9)22(5,6)7)18-14(23-19(18)25)12-15(24)16-10-11-17(29-16)20(26)27-21(2,3)4/h10-11,13-14,18H,12H2,1-9H3,(H,23,25). The first kappa shape index (κ1) is 24.8. The number of nitrogens with one attached hydrogen (secondary N) is 1. The van der Waals surface area contributed by atoms with Crippen LogP contribution in [0.2, 0.25) is 18.1 Å². The molecule has 0 aliphatic carbocycles. The number of carbonyl (C=O) groups excluding carboxylic acids is 3. The fourth-order valence-corrected chi connectivity index (χ4v) is 5.38. The summed E-state index contributed by atoms with van der Waals surface area (Å²) in [7, 11) is -2.02. The Bertz CT molecular complexity index is 818. The molecule has 1 aromatic rings. The number of ether oxygens (including phenoxy) is 1. The molecule has 1 aliphatic rings. The third-order valence-electron chi connectivity index (χ3n) is 5.74. The van der Waals surface area contributed by atoms with Gasteiger partial charge in [-0.1, -0.05) is 20.8 Å². The SMILES string of the molecule is CC(O[Si](C)(C)C(C)(C)C)C1C(=O)NC1CC(=O)c1ccc(C(=O)OC(C)(C)C)s1. The van der Waals surface area contributed by atoms with Crippen LogP contribution in [0.25, 0.3) is 0 Å². The van der Waals surface area contributed by atoms with Crippen LogP contribution >= 0.6 is 11.3 Å². The van der Waals surface area contributed by atoms with Crippen LogP contribution in [0.5, 0.6) is 0 Å². The highest BCUT2D eigenvalue weighted by molar-refractivity contribution is 7.15. The minimum Gasteiger partial charge on any atom is -0.456 e. The van der Waals surface area contributed by atoms with Gasteiger partial charge >= 0.3 is 5.97 Å². The van der Waals surface area contributed by atoms with E-state index in [1.807, 2.05) is 6.92 Å². The van der Waals surface area contributed by atoms with Crippen LogP contribution in [0.4, 0.5) is 0 Å². The highest BCUT2D eigenvalue weighted by Crippen LogP contribution is 2.39. The Morgan fingerprint density at radius 1 is 1.13 bits per heavy atom. The molecule has 0 bridgehead atoms. The highest BCUT2D eigenvalue weighted by Gasteiger charge is 2.48. The number of hydrogen-bond acceptors (Lipinski definition) is 6. The maximum atomic E-state index is 12.8. The van der Waals surface area contributed by atoms with Gasteiger partial charge in [-0.2, -0.15) is 0 Å². The van der Waals surface area contributed by atoms with E-state index in [2.05, 4.69) is 39.2 Å². The molecule has 0 spiro atoms. The third-order valence-corrected chi connectivity index (χ3v) is 11.4. The molecule has 30 heavy (non-hydrogen) atoms. The molecule has 0 radical (unpaired) electrons. The first-order chi connectivity index (χ1) is 13.5. The van der Waals surface area contributed by atoms with Crippen LogP contribution < -0.4 is 5.32 Å². The monoisotopic (exact) mass is 453 g/mol. The van der Waals surface area contributed by atoms with Crippen molar-refractivity contribution in [1.29, 1.82) is 0 Å². The Balaban J connectivity index is 2.02. The van der Waals surface area contributed by atoms with Gasteiger partial charge in [0, 0.05) is 6.42 Å². The second-order valence-electron chi connectivity index (χ2n) is 10.5. The number of thiophene rings is 1. The lowest BCUT2D eigenvalue weighted by Crippen LogP contribution is -2.64. The molecule has 1 amide bonds. The largest absolute Gasteiger partial charge is 0.456 e. The van der Waals surface area contributed by atoms with Gasteiger partial charge in [0.25, 0.3) is 0 Å². The summed E-state index contributed by atoms with van der Waals surface area (Å²) >= 11 is 1.13. The first-order valence-corrected chi connectivity index (χ1v) is 14.1. The Labute approximate surface area is 184 Å². The van der Waals surface area contributed by atoms with Gasteiger partial charge in [-0.3, -0.25) is 9.59 Å². The van der Waals surface area contributed by atoms with Crippen molar-refractivity contribution in [3.8, 4) is 0 Å². The molecule has 168 valence electrons. The number of hydrogen-bond donors (Lipinski definition) is 1. The Kier molecular flexibility index (Phi) is 7.06. The normalized spacial score (nSPS) is 20.9. The number of amides is 1. The quantitative estimate of drug-likeness (QED) is 0.277.